The minimum atomic E-state index is -3.80. The first-order valence-corrected chi connectivity index (χ1v) is 15.0. The fraction of sp³-hybridized carbons (Fsp3) is 0.152. The van der Waals surface area contributed by atoms with Crippen LogP contribution in [0.1, 0.15) is 31.1 Å². The molecule has 0 spiro atoms. The molecule has 0 aliphatic rings. The maximum absolute atomic E-state index is 12.7. The number of aromatic nitrogens is 2. The Labute approximate surface area is 238 Å². The molecule has 0 radical (unpaired) electrons. The lowest BCUT2D eigenvalue weighted by atomic mass is 10.00. The average Bonchev–Trinajstić information content (AvgIpc) is 3.33. The zero-order chi connectivity index (χ0) is 28.9. The molecule has 6 rings (SSSR count). The van der Waals surface area contributed by atoms with Crippen molar-refractivity contribution in [2.24, 2.45) is 0 Å². The summed E-state index contributed by atoms with van der Waals surface area (Å²) in [6.45, 7) is 5.48. The molecule has 0 atom stereocenters. The number of para-hydroxylation sites is 1. The minimum Gasteiger partial charge on any atom is -0.456 e. The molecule has 7 nitrogen and oxygen atoms in total. The number of fused-ring (bicyclic) bond motifs is 6. The highest BCUT2D eigenvalue weighted by Gasteiger charge is 2.24. The topological polar surface area (TPSA) is 87.5 Å². The lowest BCUT2D eigenvalue weighted by molar-refractivity contribution is 0.00695. The van der Waals surface area contributed by atoms with Crippen LogP contribution in [0.5, 0.6) is 5.75 Å². The number of imidazole rings is 1. The summed E-state index contributed by atoms with van der Waals surface area (Å²) >= 11 is 0. The first-order chi connectivity index (χ1) is 19.5. The minimum absolute atomic E-state index is 0.172. The molecule has 5 aromatic carbocycles. The fourth-order valence-electron chi connectivity index (χ4n) is 5.11. The van der Waals surface area contributed by atoms with Crippen molar-refractivity contribution in [3.8, 4) is 22.8 Å². The molecule has 206 valence electrons. The van der Waals surface area contributed by atoms with E-state index in [0.717, 1.165) is 44.5 Å². The fourth-order valence-corrected chi connectivity index (χ4v) is 5.58. The van der Waals surface area contributed by atoms with Crippen LogP contribution in [-0.4, -0.2) is 35.8 Å². The number of hydrogen-bond donors (Lipinski definition) is 0. The number of nitrogens with zero attached hydrogens (tertiary/aromatic N) is 2. The third-order valence-corrected chi connectivity index (χ3v) is 7.14. The summed E-state index contributed by atoms with van der Waals surface area (Å²) in [4.78, 5) is 17.9. The third-order valence-electron chi connectivity index (χ3n) is 6.66. The van der Waals surface area contributed by atoms with Crippen molar-refractivity contribution in [1.82, 2.24) is 9.55 Å². The molecule has 0 unspecified atom stereocenters. The van der Waals surface area contributed by atoms with Gasteiger partial charge in [0.05, 0.1) is 28.4 Å². The Hall–Kier alpha value is -4.69. The third kappa shape index (κ3) is 5.02. The first kappa shape index (κ1) is 26.5. The van der Waals surface area contributed by atoms with E-state index in [1.54, 1.807) is 30.3 Å². The van der Waals surface area contributed by atoms with E-state index >= 15 is 0 Å². The number of esters is 1. The van der Waals surface area contributed by atoms with Gasteiger partial charge in [0.15, 0.2) is 5.75 Å². The van der Waals surface area contributed by atoms with Gasteiger partial charge in [0.1, 0.15) is 11.4 Å². The van der Waals surface area contributed by atoms with Crippen LogP contribution >= 0.6 is 0 Å². The van der Waals surface area contributed by atoms with Gasteiger partial charge in [0.25, 0.3) is 0 Å². The monoisotopic (exact) mass is 564 g/mol. The molecule has 0 amide bonds. The second-order valence-corrected chi connectivity index (χ2v) is 12.5. The Balaban J connectivity index is 1.69. The Morgan fingerprint density at radius 3 is 1.95 bits per heavy atom. The van der Waals surface area contributed by atoms with Gasteiger partial charge in [-0.15, -0.1) is 0 Å². The van der Waals surface area contributed by atoms with Gasteiger partial charge >= 0.3 is 16.1 Å². The number of hydrogen-bond acceptors (Lipinski definition) is 6. The van der Waals surface area contributed by atoms with E-state index in [4.69, 9.17) is 13.9 Å². The van der Waals surface area contributed by atoms with Crippen LogP contribution in [0.3, 0.4) is 0 Å². The average molecular weight is 565 g/mol. The maximum Gasteiger partial charge on any atom is 0.338 e. The van der Waals surface area contributed by atoms with Crippen LogP contribution in [-0.2, 0) is 14.9 Å². The van der Waals surface area contributed by atoms with Crippen LogP contribution in [0, 0.1) is 0 Å². The second kappa shape index (κ2) is 9.74. The molecule has 0 aliphatic heterocycles. The molecule has 0 fully saturated rings. The zero-order valence-electron chi connectivity index (χ0n) is 23.1. The van der Waals surface area contributed by atoms with Crippen molar-refractivity contribution in [3.05, 3.63) is 103 Å². The first-order valence-electron chi connectivity index (χ1n) is 13.1. The van der Waals surface area contributed by atoms with E-state index in [2.05, 4.69) is 18.2 Å². The van der Waals surface area contributed by atoms with Gasteiger partial charge < -0.3 is 8.92 Å². The van der Waals surface area contributed by atoms with Crippen LogP contribution in [0.2, 0.25) is 0 Å². The summed E-state index contributed by atoms with van der Waals surface area (Å²) in [7, 11) is -3.80. The SMILES string of the molecule is CC(C)(C)OC(=O)c1ccc(-n2c(-c3ccccc3OS(C)(=O)=O)nc3c4ccccc4c4ccccc4c32)cc1. The van der Waals surface area contributed by atoms with Gasteiger partial charge in [-0.3, -0.25) is 4.57 Å². The normalized spacial score (nSPS) is 12.2. The largest absolute Gasteiger partial charge is 0.456 e. The van der Waals surface area contributed by atoms with E-state index in [-0.39, 0.29) is 5.75 Å². The molecule has 6 aromatic rings. The van der Waals surface area contributed by atoms with E-state index in [1.807, 2.05) is 73.9 Å². The standard InChI is InChI=1S/C33H28N2O5S/c1-33(2,3)39-32(36)21-17-19-22(20-18-21)35-30-26-14-8-6-12-24(26)23-11-5-7-13-25(23)29(30)34-31(35)27-15-9-10-16-28(27)40-41(4,37)38/h5-20H,1-4H3. The van der Waals surface area contributed by atoms with Gasteiger partial charge in [-0.2, -0.15) is 8.42 Å². The molecule has 1 heterocycles. The molecule has 0 saturated heterocycles. The maximum atomic E-state index is 12.7. The smallest absolute Gasteiger partial charge is 0.338 e. The summed E-state index contributed by atoms with van der Waals surface area (Å²) in [6, 6.07) is 30.3. The Morgan fingerprint density at radius 1 is 0.756 bits per heavy atom. The molecule has 0 saturated carbocycles. The molecule has 0 aliphatic carbocycles. The molecule has 1 aromatic heterocycles. The Kier molecular flexibility index (Phi) is 6.31. The summed E-state index contributed by atoms with van der Waals surface area (Å²) < 4.78 is 37.3. The van der Waals surface area contributed by atoms with E-state index in [9.17, 15) is 13.2 Å². The van der Waals surface area contributed by atoms with Gasteiger partial charge in [-0.1, -0.05) is 60.7 Å². The van der Waals surface area contributed by atoms with Crippen molar-refractivity contribution in [2.45, 2.75) is 26.4 Å². The van der Waals surface area contributed by atoms with Crippen molar-refractivity contribution in [1.29, 1.82) is 0 Å². The highest BCUT2D eigenvalue weighted by molar-refractivity contribution is 7.86. The molecular weight excluding hydrogens is 536 g/mol. The van der Waals surface area contributed by atoms with E-state index < -0.39 is 21.7 Å². The number of carbonyl (C=O) groups is 1. The van der Waals surface area contributed by atoms with Crippen LogP contribution in [0.4, 0.5) is 0 Å². The van der Waals surface area contributed by atoms with Crippen molar-refractivity contribution >= 4 is 48.7 Å². The van der Waals surface area contributed by atoms with E-state index in [1.165, 1.54) is 0 Å². The molecule has 8 heteroatoms. The Bertz CT molecular complexity index is 2070. The summed E-state index contributed by atoms with van der Waals surface area (Å²) in [5, 5.41) is 4.08. The van der Waals surface area contributed by atoms with Gasteiger partial charge in [0.2, 0.25) is 0 Å². The van der Waals surface area contributed by atoms with Gasteiger partial charge in [-0.25, -0.2) is 9.78 Å². The van der Waals surface area contributed by atoms with Crippen molar-refractivity contribution in [2.75, 3.05) is 6.26 Å². The zero-order valence-corrected chi connectivity index (χ0v) is 23.9. The van der Waals surface area contributed by atoms with Crippen LogP contribution in [0.25, 0.3) is 49.7 Å². The molecule has 0 N–H and O–H groups in total. The predicted molar refractivity (Wildman–Crippen MR) is 162 cm³/mol. The number of benzene rings is 5. The number of ether oxygens (including phenoxy) is 1. The van der Waals surface area contributed by atoms with Crippen molar-refractivity contribution < 1.29 is 22.1 Å². The van der Waals surface area contributed by atoms with E-state index in [0.29, 0.717) is 17.0 Å². The van der Waals surface area contributed by atoms with Gasteiger partial charge in [-0.05, 0) is 67.9 Å². The summed E-state index contributed by atoms with van der Waals surface area (Å²) in [5.74, 6) is 0.263. The quantitative estimate of drug-likeness (QED) is 0.124. The van der Waals surface area contributed by atoms with Crippen molar-refractivity contribution in [3.63, 3.8) is 0 Å². The highest BCUT2D eigenvalue weighted by Crippen LogP contribution is 2.41. The predicted octanol–water partition coefficient (Wildman–Crippen LogP) is 7.29. The van der Waals surface area contributed by atoms with Crippen LogP contribution in [0.15, 0.2) is 97.1 Å². The Morgan fingerprint density at radius 2 is 1.32 bits per heavy atom. The lowest BCUT2D eigenvalue weighted by Gasteiger charge is -2.19. The van der Waals surface area contributed by atoms with Gasteiger partial charge in [0, 0.05) is 16.5 Å². The summed E-state index contributed by atoms with van der Waals surface area (Å²) in [5.41, 5.74) is 2.68. The number of rotatable bonds is 5. The van der Waals surface area contributed by atoms with Crippen LogP contribution < -0.4 is 4.18 Å². The lowest BCUT2D eigenvalue weighted by Crippen LogP contribution is -2.23. The molecule has 41 heavy (non-hydrogen) atoms. The molecular formula is C33H28N2O5S. The second-order valence-electron chi connectivity index (χ2n) is 10.9. The molecule has 0 bridgehead atoms. The summed E-state index contributed by atoms with van der Waals surface area (Å²) in [6.07, 6.45) is 1.02. The number of carbonyl (C=O) groups excluding carboxylic acids is 1. The highest BCUT2D eigenvalue weighted by atomic mass is 32.2.